The summed E-state index contributed by atoms with van der Waals surface area (Å²) in [4.78, 5) is 23.0. The fraction of sp³-hybridized carbons (Fsp3) is 0.190. The fourth-order valence-electron chi connectivity index (χ4n) is 2.75. The Hall–Kier alpha value is -3.12. The van der Waals surface area contributed by atoms with E-state index in [-0.39, 0.29) is 11.6 Å². The minimum absolute atomic E-state index is 0.213. The van der Waals surface area contributed by atoms with Crippen LogP contribution in [-0.2, 0) is 0 Å². The van der Waals surface area contributed by atoms with Gasteiger partial charge in [0, 0.05) is 25.5 Å². The molecule has 0 atom stereocenters. The van der Waals surface area contributed by atoms with Crippen LogP contribution in [0.1, 0.15) is 21.6 Å². The third kappa shape index (κ3) is 4.58. The van der Waals surface area contributed by atoms with Gasteiger partial charge in [-0.1, -0.05) is 17.7 Å². The molecule has 1 amide bonds. The Balaban J connectivity index is 1.69. The SMILES string of the molecule is Cc1cc(C)c(NC(=O)c2cnc(Nc3ccc(N(C)C)cc3)cn2)c(Cl)c1. The molecule has 6 nitrogen and oxygen atoms in total. The molecule has 0 aliphatic carbocycles. The molecule has 3 rings (SSSR count). The molecule has 0 radical (unpaired) electrons. The van der Waals surface area contributed by atoms with Gasteiger partial charge in [-0.3, -0.25) is 4.79 Å². The van der Waals surface area contributed by atoms with Gasteiger partial charge in [0.1, 0.15) is 11.5 Å². The Morgan fingerprint density at radius 2 is 1.75 bits per heavy atom. The average Bonchev–Trinajstić information content (AvgIpc) is 2.65. The Morgan fingerprint density at radius 1 is 1.04 bits per heavy atom. The normalized spacial score (nSPS) is 10.5. The molecule has 0 aliphatic rings. The van der Waals surface area contributed by atoms with Crippen LogP contribution in [0.4, 0.5) is 22.9 Å². The van der Waals surface area contributed by atoms with Crippen LogP contribution in [0.5, 0.6) is 0 Å². The number of hydrogen-bond donors (Lipinski definition) is 2. The second-order valence-electron chi connectivity index (χ2n) is 6.75. The molecule has 3 aromatic rings. The van der Waals surface area contributed by atoms with Gasteiger partial charge in [0.2, 0.25) is 0 Å². The lowest BCUT2D eigenvalue weighted by atomic mass is 10.1. The van der Waals surface area contributed by atoms with Crippen LogP contribution < -0.4 is 15.5 Å². The van der Waals surface area contributed by atoms with E-state index in [1.807, 2.05) is 69.2 Å². The first kappa shape index (κ1) is 19.6. The summed E-state index contributed by atoms with van der Waals surface area (Å²) in [5.74, 6) is 0.196. The maximum atomic E-state index is 12.5. The minimum Gasteiger partial charge on any atom is -0.378 e. The van der Waals surface area contributed by atoms with E-state index in [0.717, 1.165) is 22.5 Å². The van der Waals surface area contributed by atoms with Crippen LogP contribution >= 0.6 is 11.6 Å². The number of anilines is 4. The summed E-state index contributed by atoms with van der Waals surface area (Å²) < 4.78 is 0. The molecule has 0 fully saturated rings. The molecular weight excluding hydrogens is 374 g/mol. The van der Waals surface area contributed by atoms with Gasteiger partial charge in [-0.05, 0) is 55.3 Å². The van der Waals surface area contributed by atoms with Crippen LogP contribution in [0.3, 0.4) is 0 Å². The highest BCUT2D eigenvalue weighted by Crippen LogP contribution is 2.27. The smallest absolute Gasteiger partial charge is 0.275 e. The lowest BCUT2D eigenvalue weighted by Crippen LogP contribution is -2.15. The summed E-state index contributed by atoms with van der Waals surface area (Å²) in [5, 5.41) is 6.47. The number of amides is 1. The molecule has 144 valence electrons. The van der Waals surface area contributed by atoms with Crippen molar-refractivity contribution in [1.29, 1.82) is 0 Å². The van der Waals surface area contributed by atoms with E-state index >= 15 is 0 Å². The van der Waals surface area contributed by atoms with Gasteiger partial charge in [-0.15, -0.1) is 0 Å². The van der Waals surface area contributed by atoms with Crippen molar-refractivity contribution in [2.75, 3.05) is 29.6 Å². The largest absolute Gasteiger partial charge is 0.378 e. The number of nitrogens with zero attached hydrogens (tertiary/aromatic N) is 3. The van der Waals surface area contributed by atoms with Gasteiger partial charge in [0.15, 0.2) is 0 Å². The molecule has 0 aliphatic heterocycles. The van der Waals surface area contributed by atoms with Gasteiger partial charge in [0.25, 0.3) is 5.91 Å². The van der Waals surface area contributed by atoms with Crippen molar-refractivity contribution in [2.45, 2.75) is 13.8 Å². The standard InChI is InChI=1S/C21H22ClN5O/c1-13-9-14(2)20(17(22)10-13)26-21(28)18-11-24-19(12-23-18)25-15-5-7-16(8-6-15)27(3)4/h5-12H,1-4H3,(H,24,25)(H,26,28). The summed E-state index contributed by atoms with van der Waals surface area (Å²) in [6, 6.07) is 11.7. The van der Waals surface area contributed by atoms with E-state index in [1.165, 1.54) is 12.4 Å². The molecule has 0 unspecified atom stereocenters. The molecule has 2 aromatic carbocycles. The van der Waals surface area contributed by atoms with E-state index in [9.17, 15) is 4.79 Å². The van der Waals surface area contributed by atoms with Gasteiger partial charge < -0.3 is 15.5 Å². The molecule has 7 heteroatoms. The summed E-state index contributed by atoms with van der Waals surface area (Å²) >= 11 is 6.25. The fourth-order valence-corrected chi connectivity index (χ4v) is 3.12. The maximum Gasteiger partial charge on any atom is 0.275 e. The third-order valence-corrected chi connectivity index (χ3v) is 4.51. The van der Waals surface area contributed by atoms with Crippen LogP contribution in [0.2, 0.25) is 5.02 Å². The number of benzene rings is 2. The number of halogens is 1. The van der Waals surface area contributed by atoms with E-state index in [1.54, 1.807) is 0 Å². The number of aromatic nitrogens is 2. The predicted octanol–water partition coefficient (Wildman–Crippen LogP) is 4.81. The van der Waals surface area contributed by atoms with Gasteiger partial charge in [-0.25, -0.2) is 9.97 Å². The molecular formula is C21H22ClN5O. The zero-order valence-electron chi connectivity index (χ0n) is 16.2. The van der Waals surface area contributed by atoms with E-state index in [4.69, 9.17) is 11.6 Å². The molecule has 1 aromatic heterocycles. The Bertz CT molecular complexity index is 962. The Kier molecular flexibility index (Phi) is 5.80. The van der Waals surface area contributed by atoms with Gasteiger partial charge in [0.05, 0.1) is 23.1 Å². The molecule has 0 spiro atoms. The first-order chi connectivity index (χ1) is 13.3. The van der Waals surface area contributed by atoms with Crippen LogP contribution in [-0.4, -0.2) is 30.0 Å². The highest BCUT2D eigenvalue weighted by Gasteiger charge is 2.13. The number of carbonyl (C=O) groups excluding carboxylic acids is 1. The Morgan fingerprint density at radius 3 is 2.32 bits per heavy atom. The summed E-state index contributed by atoms with van der Waals surface area (Å²) in [6.45, 7) is 3.85. The molecule has 0 bridgehead atoms. The summed E-state index contributed by atoms with van der Waals surface area (Å²) in [6.07, 6.45) is 2.96. The topological polar surface area (TPSA) is 70.2 Å². The summed E-state index contributed by atoms with van der Waals surface area (Å²) in [7, 11) is 3.98. The van der Waals surface area contributed by atoms with Crippen LogP contribution in [0, 0.1) is 13.8 Å². The number of nitrogens with one attached hydrogen (secondary N) is 2. The zero-order valence-corrected chi connectivity index (χ0v) is 17.0. The monoisotopic (exact) mass is 395 g/mol. The van der Waals surface area contributed by atoms with Crippen LogP contribution in [0.15, 0.2) is 48.8 Å². The number of rotatable bonds is 5. The van der Waals surface area contributed by atoms with E-state index < -0.39 is 0 Å². The zero-order chi connectivity index (χ0) is 20.3. The van der Waals surface area contributed by atoms with Gasteiger partial charge >= 0.3 is 0 Å². The highest BCUT2D eigenvalue weighted by molar-refractivity contribution is 6.34. The highest BCUT2D eigenvalue weighted by atomic mass is 35.5. The molecule has 1 heterocycles. The van der Waals surface area contributed by atoms with Crippen molar-refractivity contribution in [3.8, 4) is 0 Å². The lowest BCUT2D eigenvalue weighted by Gasteiger charge is -2.13. The first-order valence-corrected chi connectivity index (χ1v) is 9.16. The minimum atomic E-state index is -0.358. The molecule has 28 heavy (non-hydrogen) atoms. The second kappa shape index (κ2) is 8.27. The van der Waals surface area contributed by atoms with Gasteiger partial charge in [-0.2, -0.15) is 0 Å². The molecule has 2 N–H and O–H groups in total. The lowest BCUT2D eigenvalue weighted by molar-refractivity contribution is 0.102. The predicted molar refractivity (Wildman–Crippen MR) is 115 cm³/mol. The van der Waals surface area contributed by atoms with Crippen molar-refractivity contribution >= 4 is 40.4 Å². The average molecular weight is 396 g/mol. The van der Waals surface area contributed by atoms with E-state index in [0.29, 0.717) is 16.5 Å². The van der Waals surface area contributed by atoms with Crippen molar-refractivity contribution in [3.63, 3.8) is 0 Å². The second-order valence-corrected chi connectivity index (χ2v) is 7.15. The summed E-state index contributed by atoms with van der Waals surface area (Å²) in [5.41, 5.74) is 4.72. The van der Waals surface area contributed by atoms with Crippen LogP contribution in [0.25, 0.3) is 0 Å². The number of hydrogen-bond acceptors (Lipinski definition) is 5. The van der Waals surface area contributed by atoms with Crippen molar-refractivity contribution in [1.82, 2.24) is 9.97 Å². The first-order valence-electron chi connectivity index (χ1n) is 8.78. The Labute approximate surface area is 169 Å². The number of aryl methyl sites for hydroxylation is 2. The van der Waals surface area contributed by atoms with Crippen molar-refractivity contribution in [3.05, 3.63) is 70.6 Å². The molecule has 0 saturated carbocycles. The quantitative estimate of drug-likeness (QED) is 0.648. The number of carbonyl (C=O) groups is 1. The third-order valence-electron chi connectivity index (χ3n) is 4.21. The van der Waals surface area contributed by atoms with E-state index in [2.05, 4.69) is 20.6 Å². The van der Waals surface area contributed by atoms with Crippen molar-refractivity contribution < 1.29 is 4.79 Å². The maximum absolute atomic E-state index is 12.5. The molecule has 0 saturated heterocycles. The van der Waals surface area contributed by atoms with Crippen molar-refractivity contribution in [2.24, 2.45) is 0 Å².